The smallest absolute Gasteiger partial charge is 0.280 e. The molecule has 104 valence electrons. The zero-order valence-corrected chi connectivity index (χ0v) is 13.3. The molecular weight excluding hydrogens is 257 g/mol. The molecule has 0 saturated carbocycles. The molecule has 17 heavy (non-hydrogen) atoms. The van der Waals surface area contributed by atoms with Crippen molar-refractivity contribution in [2.45, 2.75) is 46.7 Å². The molecule has 0 amide bonds. The van der Waals surface area contributed by atoms with Crippen molar-refractivity contribution in [1.29, 1.82) is 0 Å². The van der Waals surface area contributed by atoms with Crippen LogP contribution in [0.2, 0.25) is 0 Å². The third-order valence-corrected chi connectivity index (χ3v) is 5.78. The van der Waals surface area contributed by atoms with Crippen molar-refractivity contribution < 1.29 is 14.2 Å². The minimum atomic E-state index is -3.16. The molecule has 0 aliphatic rings. The lowest BCUT2D eigenvalue weighted by Crippen LogP contribution is -2.38. The van der Waals surface area contributed by atoms with Crippen molar-refractivity contribution in [1.82, 2.24) is 4.90 Å². The molecule has 4 nitrogen and oxygen atoms in total. The Labute approximate surface area is 109 Å². The van der Waals surface area contributed by atoms with Gasteiger partial charge >= 0.3 is 0 Å². The molecule has 1 atom stereocenters. The van der Waals surface area contributed by atoms with E-state index in [4.69, 9.17) is 4.74 Å². The summed E-state index contributed by atoms with van der Waals surface area (Å²) >= 11 is 1.13. The predicted molar refractivity (Wildman–Crippen MR) is 75.8 cm³/mol. The molecule has 0 aromatic heterocycles. The van der Waals surface area contributed by atoms with Crippen LogP contribution in [0.3, 0.4) is 0 Å². The highest BCUT2D eigenvalue weighted by molar-refractivity contribution is 8.56. The highest BCUT2D eigenvalue weighted by atomic mass is 32.7. The first-order valence-corrected chi connectivity index (χ1v) is 9.53. The molecule has 0 aromatic rings. The fourth-order valence-corrected chi connectivity index (χ4v) is 4.26. The van der Waals surface area contributed by atoms with E-state index in [-0.39, 0.29) is 6.35 Å². The lowest BCUT2D eigenvalue weighted by atomic mass is 10.2. The number of ether oxygens (including phenoxy) is 1. The van der Waals surface area contributed by atoms with E-state index in [9.17, 15) is 9.46 Å². The van der Waals surface area contributed by atoms with Gasteiger partial charge in [0, 0.05) is 31.0 Å². The second-order valence-electron chi connectivity index (χ2n) is 4.52. The van der Waals surface area contributed by atoms with Crippen molar-refractivity contribution in [2.24, 2.45) is 0 Å². The van der Waals surface area contributed by atoms with Crippen LogP contribution < -0.4 is 0 Å². The lowest BCUT2D eigenvalue weighted by molar-refractivity contribution is 0.185. The van der Waals surface area contributed by atoms with Crippen LogP contribution in [-0.4, -0.2) is 47.1 Å². The summed E-state index contributed by atoms with van der Waals surface area (Å²) in [5.74, 6) is 0.664. The van der Waals surface area contributed by atoms with Gasteiger partial charge in [-0.25, -0.2) is 0 Å². The molecule has 0 bridgehead atoms. The normalized spacial score (nSPS) is 15.8. The zero-order chi connectivity index (χ0) is 13.5. The minimum absolute atomic E-state index is 0.0441. The minimum Gasteiger partial charge on any atom is -0.371 e. The molecule has 6 heteroatoms. The molecular formula is C11H26NO3PS. The molecule has 0 aliphatic heterocycles. The number of hydrogen-bond acceptors (Lipinski definition) is 4. The Hall–Kier alpha value is 0.460. The molecule has 0 aromatic carbocycles. The van der Waals surface area contributed by atoms with Crippen LogP contribution >= 0.6 is 18.0 Å². The Bertz CT molecular complexity index is 241. The molecule has 1 unspecified atom stereocenters. The fraction of sp³-hybridized carbons (Fsp3) is 1.00. The van der Waals surface area contributed by atoms with E-state index >= 15 is 0 Å². The Morgan fingerprint density at radius 3 is 2.24 bits per heavy atom. The summed E-state index contributed by atoms with van der Waals surface area (Å²) in [6.45, 7) is 8.55. The molecule has 0 saturated heterocycles. The SMILES string of the molecule is CCOCP(=O)(O)SCCN(C(C)C)C(C)C. The first-order chi connectivity index (χ1) is 7.80. The lowest BCUT2D eigenvalue weighted by Gasteiger charge is -2.30. The third-order valence-electron chi connectivity index (χ3n) is 2.43. The van der Waals surface area contributed by atoms with Crippen molar-refractivity contribution in [3.63, 3.8) is 0 Å². The predicted octanol–water partition coefficient (Wildman–Crippen LogP) is 3.02. The van der Waals surface area contributed by atoms with Crippen LogP contribution in [0.25, 0.3) is 0 Å². The average molecular weight is 283 g/mol. The number of hydrogen-bond donors (Lipinski definition) is 1. The van der Waals surface area contributed by atoms with Crippen LogP contribution in [0.5, 0.6) is 0 Å². The molecule has 0 radical (unpaired) electrons. The van der Waals surface area contributed by atoms with Crippen LogP contribution in [0, 0.1) is 0 Å². The van der Waals surface area contributed by atoms with Gasteiger partial charge in [0.25, 0.3) is 6.57 Å². The summed E-state index contributed by atoms with van der Waals surface area (Å²) in [4.78, 5) is 11.9. The summed E-state index contributed by atoms with van der Waals surface area (Å²) in [6.07, 6.45) is -0.0441. The maximum atomic E-state index is 11.7. The molecule has 0 spiro atoms. The van der Waals surface area contributed by atoms with Gasteiger partial charge in [-0.15, -0.1) is 0 Å². The van der Waals surface area contributed by atoms with E-state index in [2.05, 4.69) is 32.6 Å². The molecule has 0 fully saturated rings. The maximum Gasteiger partial charge on any atom is 0.280 e. The highest BCUT2D eigenvalue weighted by Crippen LogP contribution is 2.54. The number of nitrogens with zero attached hydrogens (tertiary/aromatic N) is 1. The summed E-state index contributed by atoms with van der Waals surface area (Å²) in [5.41, 5.74) is 0. The monoisotopic (exact) mass is 283 g/mol. The van der Waals surface area contributed by atoms with Gasteiger partial charge in [-0.3, -0.25) is 9.46 Å². The Kier molecular flexibility index (Phi) is 8.77. The highest BCUT2D eigenvalue weighted by Gasteiger charge is 2.20. The van der Waals surface area contributed by atoms with Gasteiger partial charge in [-0.05, 0) is 34.6 Å². The van der Waals surface area contributed by atoms with Crippen molar-refractivity contribution in [3.8, 4) is 0 Å². The van der Waals surface area contributed by atoms with Crippen molar-refractivity contribution in [2.75, 3.05) is 25.3 Å². The van der Waals surface area contributed by atoms with Gasteiger partial charge in [0.2, 0.25) is 0 Å². The quantitative estimate of drug-likeness (QED) is 0.659. The zero-order valence-electron chi connectivity index (χ0n) is 11.5. The summed E-state index contributed by atoms with van der Waals surface area (Å²) < 4.78 is 16.7. The Morgan fingerprint density at radius 1 is 1.29 bits per heavy atom. The molecule has 1 N–H and O–H groups in total. The summed E-state index contributed by atoms with van der Waals surface area (Å²) in [5, 5.41) is 0. The Morgan fingerprint density at radius 2 is 1.82 bits per heavy atom. The van der Waals surface area contributed by atoms with Crippen LogP contribution in [0.4, 0.5) is 0 Å². The van der Waals surface area contributed by atoms with E-state index in [1.807, 2.05) is 6.92 Å². The first-order valence-electron chi connectivity index (χ1n) is 6.10. The largest absolute Gasteiger partial charge is 0.371 e. The number of rotatable bonds is 9. The fourth-order valence-electron chi connectivity index (χ4n) is 1.65. The third kappa shape index (κ3) is 8.22. The van der Waals surface area contributed by atoms with Gasteiger partial charge in [0.05, 0.1) is 0 Å². The topological polar surface area (TPSA) is 49.8 Å². The van der Waals surface area contributed by atoms with E-state index < -0.39 is 6.57 Å². The summed E-state index contributed by atoms with van der Waals surface area (Å²) in [7, 11) is 0. The summed E-state index contributed by atoms with van der Waals surface area (Å²) in [6, 6.07) is 0.918. The van der Waals surface area contributed by atoms with E-state index in [0.29, 0.717) is 24.4 Å². The van der Waals surface area contributed by atoms with Gasteiger partial charge in [-0.2, -0.15) is 0 Å². The average Bonchev–Trinajstić information content (AvgIpc) is 2.20. The standard InChI is InChI=1S/C11H26NO3PS/c1-6-15-9-16(13,14)17-8-7-12(10(2)3)11(4)5/h10-11H,6-9H2,1-5H3,(H,13,14). The Balaban J connectivity index is 3.99. The van der Waals surface area contributed by atoms with Crippen LogP contribution in [0.1, 0.15) is 34.6 Å². The maximum absolute atomic E-state index is 11.7. The second-order valence-corrected chi connectivity index (χ2v) is 9.20. The second kappa shape index (κ2) is 8.54. The van der Waals surface area contributed by atoms with E-state index in [1.54, 1.807) is 0 Å². The van der Waals surface area contributed by atoms with Crippen LogP contribution in [0.15, 0.2) is 0 Å². The van der Waals surface area contributed by atoms with Gasteiger partial charge in [0.1, 0.15) is 6.35 Å². The van der Waals surface area contributed by atoms with E-state index in [0.717, 1.165) is 17.9 Å². The molecule has 0 aliphatic carbocycles. The molecule has 0 heterocycles. The first kappa shape index (κ1) is 17.5. The van der Waals surface area contributed by atoms with Crippen LogP contribution in [-0.2, 0) is 9.30 Å². The van der Waals surface area contributed by atoms with Gasteiger partial charge < -0.3 is 9.63 Å². The van der Waals surface area contributed by atoms with Crippen molar-refractivity contribution >= 4 is 18.0 Å². The van der Waals surface area contributed by atoms with Crippen molar-refractivity contribution in [3.05, 3.63) is 0 Å². The van der Waals surface area contributed by atoms with Gasteiger partial charge in [-0.1, -0.05) is 11.4 Å². The van der Waals surface area contributed by atoms with E-state index in [1.165, 1.54) is 0 Å². The molecule has 0 rings (SSSR count). The van der Waals surface area contributed by atoms with Gasteiger partial charge in [0.15, 0.2) is 0 Å².